The molecule has 0 radical (unpaired) electrons. The van der Waals surface area contributed by atoms with E-state index < -0.39 is 0 Å². The van der Waals surface area contributed by atoms with E-state index in [1.807, 2.05) is 7.05 Å². The molecule has 0 bridgehead atoms. The lowest BCUT2D eigenvalue weighted by Crippen LogP contribution is -2.13. The van der Waals surface area contributed by atoms with Crippen molar-refractivity contribution in [2.24, 2.45) is 7.05 Å². The zero-order valence-corrected chi connectivity index (χ0v) is 14.1. The van der Waals surface area contributed by atoms with Gasteiger partial charge in [-0.3, -0.25) is 4.68 Å². The van der Waals surface area contributed by atoms with Crippen molar-refractivity contribution in [1.29, 1.82) is 0 Å². The van der Waals surface area contributed by atoms with Gasteiger partial charge in [0.2, 0.25) is 5.95 Å². The van der Waals surface area contributed by atoms with E-state index in [1.165, 1.54) is 4.88 Å². The second-order valence-electron chi connectivity index (χ2n) is 5.08. The second kappa shape index (κ2) is 7.38. The molecule has 3 aromatic rings. The molecular weight excluding hydrogens is 312 g/mol. The topological polar surface area (TPSA) is 76.9 Å². The van der Waals surface area contributed by atoms with E-state index in [9.17, 15) is 0 Å². The van der Waals surface area contributed by atoms with E-state index in [0.29, 0.717) is 19.1 Å². The van der Waals surface area contributed by atoms with Crippen molar-refractivity contribution in [1.82, 2.24) is 19.7 Å². The molecule has 0 unspecified atom stereocenters. The normalized spacial score (nSPS) is 11.0. The molecule has 0 atom stereocenters. The van der Waals surface area contributed by atoms with Crippen LogP contribution in [0.5, 0.6) is 0 Å². The Bertz CT molecular complexity index is 755. The Morgan fingerprint density at radius 2 is 2.17 bits per heavy atom. The molecule has 0 amide bonds. The number of ether oxygens (including phenoxy) is 1. The monoisotopic (exact) mass is 332 g/mol. The fraction of sp³-hybridized carbons (Fsp3) is 0.400. The molecule has 0 spiro atoms. The number of aryl methyl sites for hydroxylation is 1. The minimum atomic E-state index is 0.580. The van der Waals surface area contributed by atoms with Crippen LogP contribution in [0.15, 0.2) is 23.7 Å². The molecule has 0 aliphatic rings. The summed E-state index contributed by atoms with van der Waals surface area (Å²) in [7, 11) is 3.55. The van der Waals surface area contributed by atoms with Gasteiger partial charge in [0, 0.05) is 32.1 Å². The Kier molecular flexibility index (Phi) is 5.04. The summed E-state index contributed by atoms with van der Waals surface area (Å²) in [4.78, 5) is 10.4. The minimum absolute atomic E-state index is 0.580. The van der Waals surface area contributed by atoms with E-state index >= 15 is 0 Å². The summed E-state index contributed by atoms with van der Waals surface area (Å²) in [6.07, 6.45) is 2.76. The van der Waals surface area contributed by atoms with Crippen molar-refractivity contribution in [2.45, 2.75) is 6.42 Å². The summed E-state index contributed by atoms with van der Waals surface area (Å²) in [5.74, 6) is 1.39. The predicted octanol–water partition coefficient (Wildman–Crippen LogP) is 2.14. The maximum absolute atomic E-state index is 5.05. The van der Waals surface area contributed by atoms with Gasteiger partial charge in [-0.05, 0) is 17.9 Å². The van der Waals surface area contributed by atoms with E-state index in [4.69, 9.17) is 4.74 Å². The number of fused-ring (bicyclic) bond motifs is 1. The van der Waals surface area contributed by atoms with Crippen LogP contribution in [0.3, 0.4) is 0 Å². The van der Waals surface area contributed by atoms with Crippen LogP contribution in [0.2, 0.25) is 0 Å². The zero-order valence-electron chi connectivity index (χ0n) is 13.2. The lowest BCUT2D eigenvalue weighted by atomic mass is 10.3. The van der Waals surface area contributed by atoms with Crippen molar-refractivity contribution < 1.29 is 4.74 Å². The van der Waals surface area contributed by atoms with Crippen LogP contribution in [-0.2, 0) is 18.2 Å². The molecule has 2 N–H and O–H groups in total. The Morgan fingerprint density at radius 3 is 2.96 bits per heavy atom. The predicted molar refractivity (Wildman–Crippen MR) is 93.2 cm³/mol. The summed E-state index contributed by atoms with van der Waals surface area (Å²) >= 11 is 1.77. The summed E-state index contributed by atoms with van der Waals surface area (Å²) < 4.78 is 6.80. The van der Waals surface area contributed by atoms with Crippen LogP contribution in [0.4, 0.5) is 11.8 Å². The van der Waals surface area contributed by atoms with Gasteiger partial charge >= 0.3 is 0 Å². The van der Waals surface area contributed by atoms with Gasteiger partial charge in [0.05, 0.1) is 18.2 Å². The Morgan fingerprint density at radius 1 is 1.26 bits per heavy atom. The highest BCUT2D eigenvalue weighted by Crippen LogP contribution is 2.21. The van der Waals surface area contributed by atoms with E-state index in [-0.39, 0.29) is 0 Å². The molecule has 0 aromatic carbocycles. The number of aromatic nitrogens is 4. The van der Waals surface area contributed by atoms with Gasteiger partial charge in [0.1, 0.15) is 5.82 Å². The van der Waals surface area contributed by atoms with Crippen molar-refractivity contribution in [3.8, 4) is 0 Å². The first-order valence-corrected chi connectivity index (χ1v) is 8.34. The summed E-state index contributed by atoms with van der Waals surface area (Å²) in [5, 5.41) is 13.9. The molecule has 3 aromatic heterocycles. The van der Waals surface area contributed by atoms with Crippen LogP contribution >= 0.6 is 11.3 Å². The van der Waals surface area contributed by atoms with Crippen molar-refractivity contribution in [3.05, 3.63) is 28.6 Å². The Balaban J connectivity index is 1.76. The summed E-state index contributed by atoms with van der Waals surface area (Å²) in [5.41, 5.74) is 0.804. The Hall–Kier alpha value is -2.19. The number of nitrogens with one attached hydrogen (secondary N) is 2. The van der Waals surface area contributed by atoms with Crippen LogP contribution in [-0.4, -0.2) is 46.6 Å². The number of methoxy groups -OCH3 is 1. The smallest absolute Gasteiger partial charge is 0.226 e. The molecule has 3 heterocycles. The maximum Gasteiger partial charge on any atom is 0.226 e. The largest absolute Gasteiger partial charge is 0.383 e. The maximum atomic E-state index is 5.05. The molecule has 0 aliphatic heterocycles. The number of nitrogens with zero attached hydrogens (tertiary/aromatic N) is 4. The highest BCUT2D eigenvalue weighted by atomic mass is 32.1. The molecule has 0 saturated heterocycles. The SMILES string of the molecule is COCCNc1nc(NCCc2cccs2)c2cnn(C)c2n1. The summed E-state index contributed by atoms with van der Waals surface area (Å²) in [6, 6.07) is 4.21. The van der Waals surface area contributed by atoms with E-state index in [0.717, 1.165) is 29.8 Å². The van der Waals surface area contributed by atoms with Crippen molar-refractivity contribution in [3.63, 3.8) is 0 Å². The fourth-order valence-corrected chi connectivity index (χ4v) is 2.97. The molecular formula is C15H20N6OS. The third-order valence-electron chi connectivity index (χ3n) is 3.43. The zero-order chi connectivity index (χ0) is 16.1. The first-order chi connectivity index (χ1) is 11.3. The van der Waals surface area contributed by atoms with Crippen LogP contribution in [0.1, 0.15) is 4.88 Å². The van der Waals surface area contributed by atoms with Crippen LogP contribution in [0.25, 0.3) is 11.0 Å². The molecule has 0 aliphatic carbocycles. The van der Waals surface area contributed by atoms with Gasteiger partial charge < -0.3 is 15.4 Å². The number of thiophene rings is 1. The van der Waals surface area contributed by atoms with Crippen molar-refractivity contribution in [2.75, 3.05) is 37.4 Å². The molecule has 7 nitrogen and oxygen atoms in total. The Labute approximate surface area is 138 Å². The average molecular weight is 332 g/mol. The molecule has 0 fully saturated rings. The molecule has 0 saturated carbocycles. The van der Waals surface area contributed by atoms with Crippen LogP contribution in [0, 0.1) is 0 Å². The van der Waals surface area contributed by atoms with Crippen molar-refractivity contribution >= 4 is 34.1 Å². The summed E-state index contributed by atoms with van der Waals surface area (Å²) in [6.45, 7) is 2.08. The van der Waals surface area contributed by atoms with Crippen LogP contribution < -0.4 is 10.6 Å². The lowest BCUT2D eigenvalue weighted by Gasteiger charge is -2.10. The van der Waals surface area contributed by atoms with E-state index in [2.05, 4.69) is 43.2 Å². The highest BCUT2D eigenvalue weighted by molar-refractivity contribution is 7.09. The van der Waals surface area contributed by atoms with Gasteiger partial charge in [0.25, 0.3) is 0 Å². The third-order valence-corrected chi connectivity index (χ3v) is 4.36. The average Bonchev–Trinajstić information content (AvgIpc) is 3.18. The first-order valence-electron chi connectivity index (χ1n) is 7.46. The molecule has 8 heteroatoms. The van der Waals surface area contributed by atoms with E-state index in [1.54, 1.807) is 29.3 Å². The van der Waals surface area contributed by atoms with Gasteiger partial charge in [0.15, 0.2) is 5.65 Å². The molecule has 122 valence electrons. The molecule has 3 rings (SSSR count). The minimum Gasteiger partial charge on any atom is -0.383 e. The second-order valence-corrected chi connectivity index (χ2v) is 6.11. The van der Waals surface area contributed by atoms with Gasteiger partial charge in [-0.15, -0.1) is 11.3 Å². The third kappa shape index (κ3) is 3.77. The lowest BCUT2D eigenvalue weighted by molar-refractivity contribution is 0.210. The first kappa shape index (κ1) is 15.7. The standard InChI is InChI=1S/C15H20N6OS/c1-21-14-12(10-18-21)13(16-6-5-11-4-3-9-23-11)19-15(20-14)17-7-8-22-2/h3-4,9-10H,5-8H2,1-2H3,(H2,16,17,19,20). The number of hydrogen-bond donors (Lipinski definition) is 2. The molecule has 23 heavy (non-hydrogen) atoms. The quantitative estimate of drug-likeness (QED) is 0.616. The van der Waals surface area contributed by atoms with Gasteiger partial charge in [-0.1, -0.05) is 6.07 Å². The number of rotatable bonds is 8. The fourth-order valence-electron chi connectivity index (χ4n) is 2.26. The van der Waals surface area contributed by atoms with Gasteiger partial charge in [-0.25, -0.2) is 0 Å². The van der Waals surface area contributed by atoms with Gasteiger partial charge in [-0.2, -0.15) is 15.1 Å². The number of hydrogen-bond acceptors (Lipinski definition) is 7. The highest BCUT2D eigenvalue weighted by Gasteiger charge is 2.11. The number of anilines is 2.